The highest BCUT2D eigenvalue weighted by atomic mass is 16.5. The molecule has 0 bridgehead atoms. The predicted molar refractivity (Wildman–Crippen MR) is 628 cm³/mol. The van der Waals surface area contributed by atoms with E-state index in [-0.39, 0.29) is 60.8 Å². The molecule has 0 N–H and O–H groups in total. The fourth-order valence-corrected chi connectivity index (χ4v) is 19.2. The van der Waals surface area contributed by atoms with Crippen LogP contribution in [0.5, 0.6) is 0 Å². The van der Waals surface area contributed by atoms with Crippen molar-refractivity contribution in [3.8, 4) is 0 Å². The molecule has 26 heteroatoms. The highest BCUT2D eigenvalue weighted by Crippen LogP contribution is 2.37. The van der Waals surface area contributed by atoms with Gasteiger partial charge >= 0.3 is 0 Å². The zero-order valence-corrected chi connectivity index (χ0v) is 104. The lowest BCUT2D eigenvalue weighted by atomic mass is 9.84. The van der Waals surface area contributed by atoms with E-state index in [0.29, 0.717) is 34.1 Å². The van der Waals surface area contributed by atoms with Crippen molar-refractivity contribution in [1.29, 1.82) is 0 Å². The van der Waals surface area contributed by atoms with Crippen molar-refractivity contribution in [2.24, 2.45) is 10.8 Å². The number of aryl methyl sites for hydroxylation is 1. The molecule has 0 unspecified atom stereocenters. The molecule has 8 aliphatic rings. The van der Waals surface area contributed by atoms with E-state index in [9.17, 15) is 0 Å². The summed E-state index contributed by atoms with van der Waals surface area (Å²) in [4.78, 5) is 55.6. The van der Waals surface area contributed by atoms with E-state index in [1.807, 2.05) is 37.2 Å². The minimum absolute atomic E-state index is 0.00231. The fraction of sp³-hybridized carbons (Fsp3) is 0.869. The number of aromatic nitrogens is 7. The Hall–Kier alpha value is -4.72. The van der Waals surface area contributed by atoms with E-state index in [0.717, 1.165) is 206 Å². The third-order valence-electron chi connectivity index (χ3n) is 29.1. The van der Waals surface area contributed by atoms with Crippen LogP contribution < -0.4 is 14.7 Å². The molecule has 7 aliphatic heterocycles. The van der Waals surface area contributed by atoms with Crippen molar-refractivity contribution in [3.05, 3.63) is 77.9 Å². The molecule has 12 rings (SSSR count). The minimum Gasteiger partial charge on any atom is -0.376 e. The van der Waals surface area contributed by atoms with Crippen LogP contribution in [-0.4, -0.2) is 388 Å². The maximum Gasteiger partial charge on any atom is 0.225 e. The smallest absolute Gasteiger partial charge is 0.225 e. The van der Waals surface area contributed by atoms with Crippen LogP contribution >= 0.6 is 0 Å². The van der Waals surface area contributed by atoms with Crippen LogP contribution in [0, 0.1) is 10.8 Å². The Balaban J connectivity index is 0.000000265. The number of hydrogen-bond donors (Lipinski definition) is 0. The van der Waals surface area contributed by atoms with Gasteiger partial charge in [-0.3, -0.25) is 48.9 Å². The second-order valence-corrected chi connectivity index (χ2v) is 58.5. The lowest BCUT2D eigenvalue weighted by Crippen LogP contribution is -2.59. The van der Waals surface area contributed by atoms with Gasteiger partial charge in [-0.25, -0.2) is 19.9 Å². The zero-order valence-electron chi connectivity index (χ0n) is 104. The largest absolute Gasteiger partial charge is 0.376 e. The lowest BCUT2D eigenvalue weighted by molar-refractivity contribution is -0.143. The molecule has 0 amide bonds. The molecule has 0 atom stereocenters. The Morgan fingerprint density at radius 2 is 0.736 bits per heavy atom. The third-order valence-corrected chi connectivity index (χ3v) is 29.1. The van der Waals surface area contributed by atoms with Gasteiger partial charge in [-0.2, -0.15) is 5.10 Å². The molecule has 0 radical (unpaired) electrons. The quantitative estimate of drug-likeness (QED) is 0.0541. The number of anilines is 3. The normalized spacial score (nSPS) is 20.2. The highest BCUT2D eigenvalue weighted by Gasteiger charge is 2.43. The average Bonchev–Trinajstić information content (AvgIpc) is 0.826. The summed E-state index contributed by atoms with van der Waals surface area (Å²) in [6, 6.07) is 5.73. The summed E-state index contributed by atoms with van der Waals surface area (Å²) in [5.74, 6) is 2.94. The van der Waals surface area contributed by atoms with Crippen molar-refractivity contribution in [1.82, 2.24) is 83.7 Å². The van der Waals surface area contributed by atoms with Crippen molar-refractivity contribution >= 4 is 17.6 Å². The van der Waals surface area contributed by atoms with Crippen LogP contribution in [0.25, 0.3) is 0 Å². The Kier molecular flexibility index (Phi) is 51.2. The van der Waals surface area contributed by atoms with Crippen LogP contribution in [0.15, 0.2) is 55.5 Å². The van der Waals surface area contributed by atoms with E-state index in [2.05, 4.69) is 421 Å². The van der Waals surface area contributed by atoms with E-state index in [1.54, 1.807) is 0 Å². The monoisotopic (exact) mass is 2070 g/mol. The first-order valence-electron chi connectivity index (χ1n) is 58.0. The minimum atomic E-state index is -0.0511. The number of ether oxygens (including phenoxy) is 6. The molecule has 0 aromatic carbocycles. The van der Waals surface area contributed by atoms with E-state index < -0.39 is 0 Å². The van der Waals surface area contributed by atoms with E-state index >= 15 is 0 Å². The Labute approximate surface area is 910 Å². The Morgan fingerprint density at radius 3 is 1.11 bits per heavy atom. The molecule has 4 aromatic rings. The highest BCUT2D eigenvalue weighted by molar-refractivity contribution is 5.41. The molecule has 8 fully saturated rings. The number of piperazine rings is 5. The van der Waals surface area contributed by atoms with Crippen LogP contribution in [-0.2, 0) is 56.6 Å². The van der Waals surface area contributed by atoms with Gasteiger partial charge in [0.2, 0.25) is 5.95 Å². The Bertz CT molecular complexity index is 4000. The summed E-state index contributed by atoms with van der Waals surface area (Å²) in [6.07, 6.45) is 22.8. The molecule has 1 spiro atoms. The lowest BCUT2D eigenvalue weighted by Gasteiger charge is -2.50. The molecule has 7 saturated heterocycles. The first kappa shape index (κ1) is 132. The van der Waals surface area contributed by atoms with E-state index in [4.69, 9.17) is 28.4 Å². The number of hydrogen-bond acceptors (Lipinski definition) is 25. The van der Waals surface area contributed by atoms with Gasteiger partial charge < -0.3 is 52.9 Å². The van der Waals surface area contributed by atoms with Gasteiger partial charge in [-0.15, -0.1) is 0 Å². The summed E-state index contributed by atoms with van der Waals surface area (Å²) in [5, 5.41) is 4.50. The van der Waals surface area contributed by atoms with Gasteiger partial charge in [0, 0.05) is 262 Å². The van der Waals surface area contributed by atoms with Crippen LogP contribution in [0.1, 0.15) is 372 Å². The SMILES string of the molecule is CC(C)(C)CCN1CCN(C(C)(C)C)CC1.CC(C)(C)OCCCN1CCOC2(CCN(C(C)(C)C)CC2)C1.CC(C)(C)OCCN1CCN(c2ccc(C(C)(C)C)cn2)CC1.CC(C)(C)OCCN1CCN(c2cnc(C(C)(C)C)cn2)CC1.CC(C)(C)OCCN1CCN(c2ncc(C(C)(C)C)cn2)CC1.CC(C)(C)c1cnn(CCCN2CCN(C(C)(C)C)CC2)c1.CC(C)N(CC(C)(C)C)C1CC(OC(C)(C)C)C1. The summed E-state index contributed by atoms with van der Waals surface area (Å²) in [7, 11) is 0. The maximum atomic E-state index is 6.26. The summed E-state index contributed by atoms with van der Waals surface area (Å²) >= 11 is 0. The second-order valence-electron chi connectivity index (χ2n) is 58.5. The molecule has 11 heterocycles. The zero-order chi connectivity index (χ0) is 111. The molecule has 4 aromatic heterocycles. The molecular weight excluding hydrogens is 1840 g/mol. The third kappa shape index (κ3) is 52.9. The topological polar surface area (TPSA) is 180 Å². The molecular formula is C122H232N20O6. The maximum absolute atomic E-state index is 6.26. The molecule has 148 heavy (non-hydrogen) atoms. The standard InChI is InChI=1S/C19H33N3O.C19H38N2O2.2C18H32N4O.C18H34N4.C16H33NO.C14H30N2/c1-18(2,3)16-7-8-17(20-15-16)22-11-9-21(10-12-22)13-14-23-19(4,5)6;1-17(2,3)21-11-8-19(9-12-21)16-20(13-15-23-19)10-7-14-22-18(4,5)6;1-17(2,3)15-13-20-16(14-19-15)22-9-7-21(8-10-22)11-12-23-18(4,5)6;1-17(2,3)15-13-19-16(20-14-15)22-9-7-21(8-10-22)11-12-23-18(4,5)6;1-17(2,3)16-14-19-22(15-16)9-7-8-20-10-12-21(13-11-20)18(4,5)6;1-12(2)17(11-15(3,4)5)13-9-14(10-13)18-16(6,7)8;1-13(2,3)7-8-15-9-11-16(12-10-15)14(4,5)6/h7-8,15H,9-14H2,1-6H3;7-16H2,1-6H3;2*13-14H,7-12H2,1-6H3;14-15H,7-13H2,1-6H3;12-14H,9-11H2,1-8H3;7-12H2,1-6H3. The number of likely N-dealkylation sites (tertiary alicyclic amines) is 1. The number of nitrogens with zero attached hydrogens (tertiary/aromatic N) is 20. The van der Waals surface area contributed by atoms with Crippen molar-refractivity contribution in [3.63, 3.8) is 0 Å². The first-order valence-corrected chi connectivity index (χ1v) is 58.0. The van der Waals surface area contributed by atoms with Gasteiger partial charge in [0.05, 0.1) is 90.4 Å². The Morgan fingerprint density at radius 1 is 0.345 bits per heavy atom. The number of pyridine rings is 1. The van der Waals surface area contributed by atoms with E-state index in [1.165, 1.54) is 127 Å². The number of rotatable bonds is 26. The summed E-state index contributed by atoms with van der Waals surface area (Å²) in [6.45, 7) is 137. The molecule has 1 saturated carbocycles. The summed E-state index contributed by atoms with van der Waals surface area (Å²) < 4.78 is 37.7. The van der Waals surface area contributed by atoms with Gasteiger partial charge in [0.25, 0.3) is 0 Å². The van der Waals surface area contributed by atoms with Crippen molar-refractivity contribution in [2.75, 3.05) is 251 Å². The number of piperidine rings is 1. The summed E-state index contributed by atoms with van der Waals surface area (Å²) in [5.41, 5.74) is 7.07. The van der Waals surface area contributed by atoms with Crippen LogP contribution in [0.4, 0.5) is 17.6 Å². The van der Waals surface area contributed by atoms with Crippen LogP contribution in [0.2, 0.25) is 0 Å². The number of morpholine rings is 1. The predicted octanol–water partition coefficient (Wildman–Crippen LogP) is 21.8. The molecule has 856 valence electrons. The molecule has 26 nitrogen and oxygen atoms in total. The first-order chi connectivity index (χ1) is 67.9. The fourth-order valence-electron chi connectivity index (χ4n) is 19.2. The average molecular weight is 2080 g/mol. The van der Waals surface area contributed by atoms with Gasteiger partial charge in [-0.05, 0) is 288 Å². The van der Waals surface area contributed by atoms with Gasteiger partial charge in [0.1, 0.15) is 11.6 Å². The van der Waals surface area contributed by atoms with Crippen molar-refractivity contribution in [2.45, 2.75) is 446 Å². The van der Waals surface area contributed by atoms with Gasteiger partial charge in [-0.1, -0.05) is 131 Å². The van der Waals surface area contributed by atoms with Gasteiger partial charge in [0.15, 0.2) is 0 Å². The molecule has 1 aliphatic carbocycles. The van der Waals surface area contributed by atoms with Crippen molar-refractivity contribution < 1.29 is 28.4 Å². The second kappa shape index (κ2) is 57.5. The van der Waals surface area contributed by atoms with Crippen LogP contribution in [0.3, 0.4) is 0 Å².